The van der Waals surface area contributed by atoms with Gasteiger partial charge < -0.3 is 20.3 Å². The first-order chi connectivity index (χ1) is 31.5. The largest absolute Gasteiger partial charge is 0.466 e. The minimum absolute atomic E-state index is 0.0140. The summed E-state index contributed by atoms with van der Waals surface area (Å²) in [5.74, 6) is -0.162. The number of rotatable bonds is 52. The average molecular weight is 901 g/mol. The first-order valence-electron chi connectivity index (χ1n) is 28.3. The molecule has 0 aromatic rings. The number of esters is 1. The van der Waals surface area contributed by atoms with E-state index in [1.165, 1.54) is 212 Å². The second-order valence-corrected chi connectivity index (χ2v) is 19.3. The van der Waals surface area contributed by atoms with Gasteiger partial charge in [0.1, 0.15) is 0 Å². The van der Waals surface area contributed by atoms with Crippen LogP contribution in [0.4, 0.5) is 0 Å². The maximum atomic E-state index is 12.4. The topological polar surface area (TPSA) is 95.9 Å². The molecular formula is C58H109NO5. The molecule has 0 rings (SSSR count). The fraction of sp³-hybridized carbons (Fsp3) is 0.862. The van der Waals surface area contributed by atoms with Crippen molar-refractivity contribution in [2.45, 2.75) is 309 Å². The monoisotopic (exact) mass is 900 g/mol. The highest BCUT2D eigenvalue weighted by molar-refractivity contribution is 5.76. The number of nitrogens with one attached hydrogen (secondary N) is 1. The van der Waals surface area contributed by atoms with Gasteiger partial charge in [0.05, 0.1) is 25.4 Å². The third-order valence-electron chi connectivity index (χ3n) is 12.9. The van der Waals surface area contributed by atoms with Crippen molar-refractivity contribution >= 4 is 11.9 Å². The van der Waals surface area contributed by atoms with E-state index in [1.54, 1.807) is 6.08 Å². The summed E-state index contributed by atoms with van der Waals surface area (Å²) < 4.78 is 5.47. The van der Waals surface area contributed by atoms with E-state index in [9.17, 15) is 19.8 Å². The number of carbonyl (C=O) groups is 2. The van der Waals surface area contributed by atoms with Gasteiger partial charge in [0, 0.05) is 12.8 Å². The van der Waals surface area contributed by atoms with E-state index < -0.39 is 12.1 Å². The van der Waals surface area contributed by atoms with E-state index in [2.05, 4.69) is 37.4 Å². The lowest BCUT2D eigenvalue weighted by Gasteiger charge is -2.19. The molecule has 0 saturated carbocycles. The lowest BCUT2D eigenvalue weighted by molar-refractivity contribution is -0.143. The Bertz CT molecular complexity index is 1040. The van der Waals surface area contributed by atoms with Gasteiger partial charge in [0.15, 0.2) is 0 Å². The van der Waals surface area contributed by atoms with E-state index in [-0.39, 0.29) is 18.5 Å². The Balaban J connectivity index is 3.53. The predicted octanol–water partition coefficient (Wildman–Crippen LogP) is 17.2. The van der Waals surface area contributed by atoms with Crippen LogP contribution in [0.2, 0.25) is 0 Å². The third-order valence-corrected chi connectivity index (χ3v) is 12.9. The molecule has 0 radical (unpaired) electrons. The zero-order valence-corrected chi connectivity index (χ0v) is 42.8. The van der Waals surface area contributed by atoms with Crippen LogP contribution >= 0.6 is 0 Å². The molecule has 0 aromatic carbocycles. The highest BCUT2D eigenvalue weighted by Crippen LogP contribution is 2.16. The molecule has 0 aromatic heterocycles. The molecular weight excluding hydrogens is 791 g/mol. The van der Waals surface area contributed by atoms with Crippen molar-refractivity contribution in [3.63, 3.8) is 0 Å². The zero-order chi connectivity index (χ0) is 46.5. The van der Waals surface area contributed by atoms with Crippen LogP contribution < -0.4 is 5.32 Å². The first kappa shape index (κ1) is 62.1. The summed E-state index contributed by atoms with van der Waals surface area (Å²) in [6, 6.07) is -0.671. The quantitative estimate of drug-likeness (QED) is 0.0321. The number of aliphatic hydroxyl groups is 2. The molecule has 0 aliphatic carbocycles. The maximum Gasteiger partial charge on any atom is 0.305 e. The molecule has 2 unspecified atom stereocenters. The van der Waals surface area contributed by atoms with Crippen molar-refractivity contribution in [1.82, 2.24) is 5.32 Å². The predicted molar refractivity (Wildman–Crippen MR) is 278 cm³/mol. The maximum absolute atomic E-state index is 12.4. The normalized spacial score (nSPS) is 12.9. The highest BCUT2D eigenvalue weighted by Gasteiger charge is 2.17. The minimum atomic E-state index is -0.879. The van der Waals surface area contributed by atoms with Crippen LogP contribution in [-0.4, -0.2) is 47.4 Å². The number of ether oxygens (including phenoxy) is 1. The number of hydrogen-bond acceptors (Lipinski definition) is 5. The van der Waals surface area contributed by atoms with Gasteiger partial charge in [-0.25, -0.2) is 0 Å². The molecule has 3 N–H and O–H groups in total. The molecule has 0 fully saturated rings. The Kier molecular flexibility index (Phi) is 52.1. The number of hydrogen-bond donors (Lipinski definition) is 3. The van der Waals surface area contributed by atoms with Crippen molar-refractivity contribution < 1.29 is 24.5 Å². The van der Waals surface area contributed by atoms with Gasteiger partial charge in [-0.15, -0.1) is 0 Å². The molecule has 1 amide bonds. The summed E-state index contributed by atoms with van der Waals surface area (Å²) in [6.45, 7) is 4.85. The van der Waals surface area contributed by atoms with Gasteiger partial charge in [-0.3, -0.25) is 9.59 Å². The molecule has 0 aliphatic heterocycles. The van der Waals surface area contributed by atoms with Gasteiger partial charge in [-0.2, -0.15) is 0 Å². The molecule has 0 aliphatic rings. The van der Waals surface area contributed by atoms with Crippen molar-refractivity contribution in [3.8, 4) is 0 Å². The molecule has 0 spiro atoms. The second kappa shape index (κ2) is 53.7. The fourth-order valence-corrected chi connectivity index (χ4v) is 8.57. The molecule has 6 nitrogen and oxygen atoms in total. The summed E-state index contributed by atoms with van der Waals surface area (Å²) in [5, 5.41) is 23.0. The molecule has 0 heterocycles. The Morgan fingerprint density at radius 2 is 0.797 bits per heavy atom. The Morgan fingerprint density at radius 3 is 1.22 bits per heavy atom. The summed E-state index contributed by atoms with van der Waals surface area (Å²) in [4.78, 5) is 24.5. The summed E-state index contributed by atoms with van der Waals surface area (Å²) >= 11 is 0. The summed E-state index contributed by atoms with van der Waals surface area (Å²) in [5.41, 5.74) is 0. The molecule has 376 valence electrons. The van der Waals surface area contributed by atoms with E-state index in [4.69, 9.17) is 4.74 Å². The average Bonchev–Trinajstić information content (AvgIpc) is 3.29. The van der Waals surface area contributed by atoms with E-state index >= 15 is 0 Å². The minimum Gasteiger partial charge on any atom is -0.466 e. The van der Waals surface area contributed by atoms with Crippen LogP contribution in [-0.2, 0) is 14.3 Å². The standard InChI is InChI=1S/C58H109NO5/c1-3-5-7-9-11-13-15-17-19-20-21-22-24-28-32-36-40-44-48-52-58(63)64-53-49-45-41-37-33-29-25-27-31-35-39-43-47-51-57(62)59-55(54-60)56(61)50-46-42-38-34-30-26-23-18-16-14-12-10-8-6-4-2/h27,31,39,43,46,50,55-56,60-61H,3-26,28-30,32-38,40-42,44-45,47-49,51-54H2,1-2H3,(H,59,62)/b31-27-,43-39-,50-46+. The van der Waals surface area contributed by atoms with Gasteiger partial charge in [0.2, 0.25) is 5.91 Å². The number of unbranched alkanes of at least 4 members (excludes halogenated alkanes) is 37. The zero-order valence-electron chi connectivity index (χ0n) is 42.8. The lowest BCUT2D eigenvalue weighted by atomic mass is 10.0. The van der Waals surface area contributed by atoms with E-state index in [1.807, 2.05) is 12.2 Å². The number of carbonyl (C=O) groups excluding carboxylic acids is 2. The molecule has 0 saturated heterocycles. The molecule has 2 atom stereocenters. The second-order valence-electron chi connectivity index (χ2n) is 19.3. The van der Waals surface area contributed by atoms with Gasteiger partial charge in [-0.05, 0) is 51.4 Å². The van der Waals surface area contributed by atoms with Gasteiger partial charge in [0.25, 0.3) is 0 Å². The Morgan fingerprint density at radius 1 is 0.438 bits per heavy atom. The van der Waals surface area contributed by atoms with Crippen LogP contribution in [0.25, 0.3) is 0 Å². The summed E-state index contributed by atoms with van der Waals surface area (Å²) in [6.07, 6.45) is 66.0. The van der Waals surface area contributed by atoms with E-state index in [0.717, 1.165) is 51.4 Å². The number of amides is 1. The van der Waals surface area contributed by atoms with Crippen molar-refractivity contribution in [2.75, 3.05) is 13.2 Å². The van der Waals surface area contributed by atoms with Crippen LogP contribution in [0.1, 0.15) is 296 Å². The molecule has 6 heteroatoms. The first-order valence-corrected chi connectivity index (χ1v) is 28.3. The van der Waals surface area contributed by atoms with Gasteiger partial charge in [-0.1, -0.05) is 269 Å². The van der Waals surface area contributed by atoms with Gasteiger partial charge >= 0.3 is 5.97 Å². The van der Waals surface area contributed by atoms with Crippen molar-refractivity contribution in [2.24, 2.45) is 0 Å². The number of aliphatic hydroxyl groups excluding tert-OH is 2. The van der Waals surface area contributed by atoms with E-state index in [0.29, 0.717) is 25.9 Å². The van der Waals surface area contributed by atoms with Crippen LogP contribution in [0, 0.1) is 0 Å². The van der Waals surface area contributed by atoms with Crippen molar-refractivity contribution in [3.05, 3.63) is 36.5 Å². The SMILES string of the molecule is CCCCCCCCCCCCCCC/C=C/C(O)C(CO)NC(=O)CC/C=C\C/C=C\CCCCCCCCOC(=O)CCCCCCCCCCCCCCCCCCCCC. The van der Waals surface area contributed by atoms with Crippen molar-refractivity contribution in [1.29, 1.82) is 0 Å². The molecule has 0 bridgehead atoms. The fourth-order valence-electron chi connectivity index (χ4n) is 8.57. The molecule has 64 heavy (non-hydrogen) atoms. The summed E-state index contributed by atoms with van der Waals surface area (Å²) in [7, 11) is 0. The Labute approximate surface area is 398 Å². The van der Waals surface area contributed by atoms with Crippen LogP contribution in [0.5, 0.6) is 0 Å². The smallest absolute Gasteiger partial charge is 0.305 e. The highest BCUT2D eigenvalue weighted by atomic mass is 16.5. The Hall–Kier alpha value is -1.92. The van der Waals surface area contributed by atoms with Crippen LogP contribution in [0.3, 0.4) is 0 Å². The lowest BCUT2D eigenvalue weighted by Crippen LogP contribution is -2.45. The van der Waals surface area contributed by atoms with Crippen LogP contribution in [0.15, 0.2) is 36.5 Å². The number of allylic oxidation sites excluding steroid dienone is 5. The third kappa shape index (κ3) is 49.5.